The molecule has 1 N–H and O–H groups in total. The number of piperazine rings is 1. The normalized spacial score (nSPS) is 14.9. The van der Waals surface area contributed by atoms with E-state index < -0.39 is 5.41 Å². The van der Waals surface area contributed by atoms with E-state index in [1.165, 1.54) is 17.4 Å². The number of hydrogen-bond donors (Lipinski definition) is 1. The summed E-state index contributed by atoms with van der Waals surface area (Å²) in [7, 11) is 0. The lowest BCUT2D eigenvalue weighted by atomic mass is 9.96. The lowest BCUT2D eigenvalue weighted by Crippen LogP contribution is -2.49. The van der Waals surface area contributed by atoms with E-state index in [0.29, 0.717) is 41.7 Å². The van der Waals surface area contributed by atoms with E-state index in [0.717, 1.165) is 5.56 Å². The molecule has 2 heterocycles. The van der Waals surface area contributed by atoms with E-state index in [1.54, 1.807) is 17.0 Å². The van der Waals surface area contributed by atoms with Crippen molar-refractivity contribution in [3.05, 3.63) is 46.6 Å². The minimum absolute atomic E-state index is 0.0352. The van der Waals surface area contributed by atoms with Crippen molar-refractivity contribution in [2.24, 2.45) is 5.41 Å². The number of hydrogen-bond acceptors (Lipinski definition) is 4. The Balaban J connectivity index is 1.66. The topological polar surface area (TPSA) is 52.7 Å². The van der Waals surface area contributed by atoms with Crippen LogP contribution in [-0.4, -0.2) is 42.9 Å². The Labute approximate surface area is 169 Å². The van der Waals surface area contributed by atoms with Gasteiger partial charge in [-0.15, -0.1) is 11.3 Å². The summed E-state index contributed by atoms with van der Waals surface area (Å²) in [6, 6.07) is 8.55. The molecule has 3 rings (SSSR count). The van der Waals surface area contributed by atoms with Gasteiger partial charge in [-0.3, -0.25) is 9.59 Å². The number of anilines is 2. The summed E-state index contributed by atoms with van der Waals surface area (Å²) in [5.41, 5.74) is 0.940. The zero-order valence-corrected chi connectivity index (χ0v) is 17.5. The summed E-state index contributed by atoms with van der Waals surface area (Å²) < 4.78 is 14.0. The average molecular weight is 404 g/mol. The lowest BCUT2D eigenvalue weighted by molar-refractivity contribution is -0.123. The molecule has 7 heteroatoms. The fraction of sp³-hybridized carbons (Fsp3) is 0.429. The molecule has 1 aliphatic rings. The average Bonchev–Trinajstić information content (AvgIpc) is 3.01. The highest BCUT2D eigenvalue weighted by molar-refractivity contribution is 7.18. The highest BCUT2D eigenvalue weighted by Crippen LogP contribution is 2.30. The van der Waals surface area contributed by atoms with Crippen LogP contribution >= 0.6 is 11.3 Å². The Morgan fingerprint density at radius 3 is 2.36 bits per heavy atom. The number of halogens is 1. The Kier molecular flexibility index (Phi) is 5.74. The van der Waals surface area contributed by atoms with Gasteiger partial charge in [-0.1, -0.05) is 32.9 Å². The molecule has 1 fully saturated rings. The standard InChI is InChI=1S/C21H26FN3O2S/c1-14-13-17(23-20(27)21(2,3)4)28-18(14)19(26)25-11-9-24(10-12-25)16-8-6-5-7-15(16)22/h5-8,13H,9-12H2,1-4H3,(H,23,27). The van der Waals surface area contributed by atoms with Gasteiger partial charge in [0.05, 0.1) is 15.6 Å². The molecule has 2 amide bonds. The van der Waals surface area contributed by atoms with Gasteiger partial charge in [0, 0.05) is 31.6 Å². The molecule has 0 saturated carbocycles. The monoisotopic (exact) mass is 403 g/mol. The molecule has 28 heavy (non-hydrogen) atoms. The third-order valence-electron chi connectivity index (χ3n) is 4.79. The van der Waals surface area contributed by atoms with Crippen LogP contribution < -0.4 is 10.2 Å². The summed E-state index contributed by atoms with van der Waals surface area (Å²) in [5, 5.41) is 3.58. The first-order valence-electron chi connectivity index (χ1n) is 9.37. The lowest BCUT2D eigenvalue weighted by Gasteiger charge is -2.36. The highest BCUT2D eigenvalue weighted by atomic mass is 32.1. The molecular weight excluding hydrogens is 377 g/mol. The van der Waals surface area contributed by atoms with Crippen LogP contribution in [0.5, 0.6) is 0 Å². The van der Waals surface area contributed by atoms with Crippen molar-refractivity contribution in [3.8, 4) is 0 Å². The van der Waals surface area contributed by atoms with E-state index in [1.807, 2.05) is 44.7 Å². The Bertz CT molecular complexity index is 880. The van der Waals surface area contributed by atoms with Crippen molar-refractivity contribution >= 4 is 33.8 Å². The molecule has 0 aliphatic carbocycles. The summed E-state index contributed by atoms with van der Waals surface area (Å²) in [5.74, 6) is -0.353. The maximum absolute atomic E-state index is 14.0. The first-order chi connectivity index (χ1) is 13.2. The fourth-order valence-electron chi connectivity index (χ4n) is 3.06. The van der Waals surface area contributed by atoms with Gasteiger partial charge in [0.15, 0.2) is 0 Å². The van der Waals surface area contributed by atoms with Crippen molar-refractivity contribution in [2.75, 3.05) is 36.4 Å². The summed E-state index contributed by atoms with van der Waals surface area (Å²) in [4.78, 5) is 29.6. The molecule has 1 aliphatic heterocycles. The third-order valence-corrected chi connectivity index (χ3v) is 5.93. The van der Waals surface area contributed by atoms with Crippen molar-refractivity contribution < 1.29 is 14.0 Å². The SMILES string of the molecule is Cc1cc(NC(=O)C(C)(C)C)sc1C(=O)N1CCN(c2ccccc2F)CC1. The molecule has 1 saturated heterocycles. The van der Waals surface area contributed by atoms with Gasteiger partial charge in [0.1, 0.15) is 5.82 Å². The molecule has 0 bridgehead atoms. The summed E-state index contributed by atoms with van der Waals surface area (Å²) in [6.07, 6.45) is 0. The van der Waals surface area contributed by atoms with Crippen LogP contribution in [0.2, 0.25) is 0 Å². The second kappa shape index (κ2) is 7.91. The van der Waals surface area contributed by atoms with Crippen LogP contribution in [0.1, 0.15) is 36.0 Å². The van der Waals surface area contributed by atoms with Crippen molar-refractivity contribution in [3.63, 3.8) is 0 Å². The number of nitrogens with one attached hydrogen (secondary N) is 1. The number of carbonyl (C=O) groups excluding carboxylic acids is 2. The predicted molar refractivity (Wildman–Crippen MR) is 112 cm³/mol. The first-order valence-corrected chi connectivity index (χ1v) is 10.2. The third kappa shape index (κ3) is 4.35. The van der Waals surface area contributed by atoms with Crippen molar-refractivity contribution in [1.82, 2.24) is 4.90 Å². The number of carbonyl (C=O) groups is 2. The van der Waals surface area contributed by atoms with E-state index in [2.05, 4.69) is 5.32 Å². The molecule has 0 unspecified atom stereocenters. The zero-order valence-electron chi connectivity index (χ0n) is 16.7. The molecule has 150 valence electrons. The number of aryl methyl sites for hydroxylation is 1. The molecule has 5 nitrogen and oxygen atoms in total. The van der Waals surface area contributed by atoms with E-state index in [4.69, 9.17) is 0 Å². The van der Waals surface area contributed by atoms with Crippen LogP contribution in [0.3, 0.4) is 0 Å². The number of benzene rings is 1. The Hall–Kier alpha value is -2.41. The second-order valence-corrected chi connectivity index (χ2v) is 9.11. The summed E-state index contributed by atoms with van der Waals surface area (Å²) >= 11 is 1.31. The molecule has 1 aromatic heterocycles. The zero-order chi connectivity index (χ0) is 20.5. The second-order valence-electron chi connectivity index (χ2n) is 8.06. The molecule has 0 spiro atoms. The van der Waals surface area contributed by atoms with E-state index in [9.17, 15) is 14.0 Å². The van der Waals surface area contributed by atoms with Gasteiger partial charge < -0.3 is 15.1 Å². The van der Waals surface area contributed by atoms with Gasteiger partial charge in [-0.2, -0.15) is 0 Å². The molecule has 0 radical (unpaired) electrons. The van der Waals surface area contributed by atoms with Crippen molar-refractivity contribution in [2.45, 2.75) is 27.7 Å². The number of thiophene rings is 1. The quantitative estimate of drug-likeness (QED) is 0.838. The Morgan fingerprint density at radius 2 is 1.75 bits per heavy atom. The summed E-state index contributed by atoms with van der Waals surface area (Å²) in [6.45, 7) is 9.68. The maximum Gasteiger partial charge on any atom is 0.264 e. The predicted octanol–water partition coefficient (Wildman–Crippen LogP) is 4.14. The molecular formula is C21H26FN3O2S. The van der Waals surface area contributed by atoms with E-state index >= 15 is 0 Å². The van der Waals surface area contributed by atoms with Gasteiger partial charge in [-0.25, -0.2) is 4.39 Å². The van der Waals surface area contributed by atoms with Crippen LogP contribution in [0.4, 0.5) is 15.1 Å². The number of para-hydroxylation sites is 1. The van der Waals surface area contributed by atoms with Gasteiger partial charge in [-0.05, 0) is 30.7 Å². The van der Waals surface area contributed by atoms with Crippen LogP contribution in [-0.2, 0) is 4.79 Å². The number of amides is 2. The maximum atomic E-state index is 14.0. The van der Waals surface area contributed by atoms with Crippen LogP contribution in [0.15, 0.2) is 30.3 Å². The van der Waals surface area contributed by atoms with Crippen molar-refractivity contribution in [1.29, 1.82) is 0 Å². The van der Waals surface area contributed by atoms with Crippen LogP contribution in [0, 0.1) is 18.2 Å². The number of rotatable bonds is 3. The number of nitrogens with zero attached hydrogens (tertiary/aromatic N) is 2. The fourth-order valence-corrected chi connectivity index (χ4v) is 4.09. The van der Waals surface area contributed by atoms with E-state index in [-0.39, 0.29) is 17.6 Å². The first kappa shape index (κ1) is 20.3. The minimum Gasteiger partial charge on any atom is -0.366 e. The van der Waals surface area contributed by atoms with Gasteiger partial charge >= 0.3 is 0 Å². The smallest absolute Gasteiger partial charge is 0.264 e. The molecule has 2 aromatic rings. The van der Waals surface area contributed by atoms with Gasteiger partial charge in [0.25, 0.3) is 5.91 Å². The van der Waals surface area contributed by atoms with Gasteiger partial charge in [0.2, 0.25) is 5.91 Å². The molecule has 1 aromatic carbocycles. The Morgan fingerprint density at radius 1 is 1.11 bits per heavy atom. The van der Waals surface area contributed by atoms with Crippen LogP contribution in [0.25, 0.3) is 0 Å². The largest absolute Gasteiger partial charge is 0.366 e. The minimum atomic E-state index is -0.495. The highest BCUT2D eigenvalue weighted by Gasteiger charge is 2.27. The molecule has 0 atom stereocenters.